The van der Waals surface area contributed by atoms with E-state index in [1.165, 1.54) is 17.5 Å². The van der Waals surface area contributed by atoms with Gasteiger partial charge in [-0.3, -0.25) is 0 Å². The average Bonchev–Trinajstić information content (AvgIpc) is 3.41. The Balaban J connectivity index is 1.42. The van der Waals surface area contributed by atoms with Crippen molar-refractivity contribution in [2.75, 3.05) is 0 Å². The fraction of sp³-hybridized carbons (Fsp3) is 0.0870. The van der Waals surface area contributed by atoms with E-state index >= 15 is 0 Å². The second-order valence-corrected chi connectivity index (χ2v) is 8.10. The first kappa shape index (κ1) is 19.8. The van der Waals surface area contributed by atoms with Crippen molar-refractivity contribution in [1.29, 1.82) is 0 Å². The Morgan fingerprint density at radius 3 is 2.72 bits per heavy atom. The number of thiazole rings is 1. The van der Waals surface area contributed by atoms with Crippen LogP contribution in [0.25, 0.3) is 32.7 Å². The molecular weight excluding hydrogens is 426 g/mol. The summed E-state index contributed by atoms with van der Waals surface area (Å²) >= 11 is 1.52. The largest absolute Gasteiger partial charge is 0.478 e. The van der Waals surface area contributed by atoms with Crippen LogP contribution in [0.3, 0.4) is 0 Å². The minimum Gasteiger partial charge on any atom is -0.478 e. The van der Waals surface area contributed by atoms with Gasteiger partial charge < -0.3 is 14.8 Å². The molecule has 0 atom stereocenters. The number of rotatable bonds is 6. The van der Waals surface area contributed by atoms with E-state index in [0.29, 0.717) is 11.4 Å². The molecule has 0 amide bonds. The summed E-state index contributed by atoms with van der Waals surface area (Å²) in [6.07, 6.45) is 4.76. The van der Waals surface area contributed by atoms with Crippen LogP contribution in [-0.2, 0) is 6.61 Å². The topological polar surface area (TPSA) is 114 Å². The summed E-state index contributed by atoms with van der Waals surface area (Å²) in [5, 5.41) is 10.8. The monoisotopic (exact) mass is 443 g/mol. The van der Waals surface area contributed by atoms with Crippen molar-refractivity contribution < 1.29 is 14.6 Å². The molecule has 0 saturated carbocycles. The maximum absolute atomic E-state index is 11.3. The van der Waals surface area contributed by atoms with Gasteiger partial charge in [0.15, 0.2) is 0 Å². The van der Waals surface area contributed by atoms with Gasteiger partial charge >= 0.3 is 12.0 Å². The highest BCUT2D eigenvalue weighted by atomic mass is 32.1. The van der Waals surface area contributed by atoms with Crippen LogP contribution in [0.1, 0.15) is 21.1 Å². The number of aromatic amines is 1. The van der Waals surface area contributed by atoms with E-state index in [1.807, 2.05) is 37.3 Å². The van der Waals surface area contributed by atoms with Crippen LogP contribution in [0, 0.1) is 6.92 Å². The number of hydrogen-bond donors (Lipinski definition) is 2. The van der Waals surface area contributed by atoms with E-state index in [2.05, 4.69) is 19.9 Å². The molecule has 0 saturated heterocycles. The summed E-state index contributed by atoms with van der Waals surface area (Å²) in [6.45, 7) is 2.23. The van der Waals surface area contributed by atoms with Crippen LogP contribution in [0.15, 0.2) is 61.1 Å². The molecule has 5 aromatic rings. The highest BCUT2D eigenvalue weighted by molar-refractivity contribution is 7.15. The third-order valence-electron chi connectivity index (χ3n) is 4.90. The number of carboxylic acid groups (broad SMARTS) is 1. The van der Waals surface area contributed by atoms with Crippen molar-refractivity contribution >= 4 is 28.2 Å². The smallest absolute Gasteiger partial charge is 0.337 e. The standard InChI is InChI=1S/C23H17N5O3S/c1-13-21(32-20(27-13)12-31-23-24-8-3-9-25-23)18-5-2-4-17(28-18)14-6-7-15-16(22(29)30)11-26-19(15)10-14/h2-11,26H,12H2,1H3,(H,29,30). The molecule has 4 aromatic heterocycles. The Labute approximate surface area is 186 Å². The third-order valence-corrected chi connectivity index (χ3v) is 6.05. The summed E-state index contributed by atoms with van der Waals surface area (Å²) in [5.41, 5.74) is 4.38. The highest BCUT2D eigenvalue weighted by Gasteiger charge is 2.14. The minimum absolute atomic E-state index is 0.254. The van der Waals surface area contributed by atoms with Gasteiger partial charge in [-0.2, -0.15) is 0 Å². The summed E-state index contributed by atoms with van der Waals surface area (Å²) < 4.78 is 5.61. The van der Waals surface area contributed by atoms with Gasteiger partial charge in [-0.25, -0.2) is 24.7 Å². The summed E-state index contributed by atoms with van der Waals surface area (Å²) in [6, 6.07) is 13.5. The molecule has 2 N–H and O–H groups in total. The van der Waals surface area contributed by atoms with Crippen LogP contribution >= 0.6 is 11.3 Å². The zero-order chi connectivity index (χ0) is 22.1. The number of carbonyl (C=O) groups is 1. The Morgan fingerprint density at radius 1 is 1.09 bits per heavy atom. The number of nitrogens with one attached hydrogen (secondary N) is 1. The fourth-order valence-electron chi connectivity index (χ4n) is 3.42. The quantitative estimate of drug-likeness (QED) is 0.390. The molecule has 0 aliphatic rings. The fourth-order valence-corrected chi connectivity index (χ4v) is 4.37. The van der Waals surface area contributed by atoms with Crippen molar-refractivity contribution in [2.24, 2.45) is 0 Å². The first-order valence-corrected chi connectivity index (χ1v) is 10.6. The molecule has 1 aromatic carbocycles. The lowest BCUT2D eigenvalue weighted by Gasteiger charge is -2.05. The summed E-state index contributed by atoms with van der Waals surface area (Å²) in [5.74, 6) is -0.955. The van der Waals surface area contributed by atoms with Crippen LogP contribution in [0.5, 0.6) is 6.01 Å². The van der Waals surface area contributed by atoms with E-state index < -0.39 is 5.97 Å². The van der Waals surface area contributed by atoms with Crippen LogP contribution < -0.4 is 4.74 Å². The average molecular weight is 443 g/mol. The maximum atomic E-state index is 11.3. The number of hydrogen-bond acceptors (Lipinski definition) is 7. The molecule has 0 fully saturated rings. The van der Waals surface area contributed by atoms with E-state index in [1.54, 1.807) is 24.5 Å². The van der Waals surface area contributed by atoms with Crippen molar-refractivity contribution in [3.05, 3.63) is 77.3 Å². The molecule has 8 nitrogen and oxygen atoms in total. The second kappa shape index (κ2) is 8.20. The highest BCUT2D eigenvalue weighted by Crippen LogP contribution is 2.31. The number of fused-ring (bicyclic) bond motifs is 1. The molecule has 0 spiro atoms. The molecule has 32 heavy (non-hydrogen) atoms. The second-order valence-electron chi connectivity index (χ2n) is 7.02. The van der Waals surface area contributed by atoms with E-state index in [0.717, 1.165) is 38.0 Å². The van der Waals surface area contributed by atoms with Crippen molar-refractivity contribution in [2.45, 2.75) is 13.5 Å². The number of H-pyrrole nitrogens is 1. The predicted octanol–water partition coefficient (Wildman–Crippen LogP) is 4.73. The zero-order valence-electron chi connectivity index (χ0n) is 16.9. The Hall–Kier alpha value is -4.11. The lowest BCUT2D eigenvalue weighted by molar-refractivity contribution is 0.0699. The molecule has 4 heterocycles. The van der Waals surface area contributed by atoms with Crippen LogP contribution in [0.4, 0.5) is 0 Å². The first-order chi connectivity index (χ1) is 15.6. The molecular formula is C23H17N5O3S. The zero-order valence-corrected chi connectivity index (χ0v) is 17.8. The van der Waals surface area contributed by atoms with Gasteiger partial charge in [0.1, 0.15) is 11.6 Å². The van der Waals surface area contributed by atoms with Gasteiger partial charge in [0.25, 0.3) is 0 Å². The normalized spacial score (nSPS) is 11.0. The summed E-state index contributed by atoms with van der Waals surface area (Å²) in [7, 11) is 0. The number of aryl methyl sites for hydroxylation is 1. The Morgan fingerprint density at radius 2 is 1.91 bits per heavy atom. The van der Waals surface area contributed by atoms with Gasteiger partial charge in [-0.15, -0.1) is 11.3 Å². The first-order valence-electron chi connectivity index (χ1n) is 9.77. The number of aromatic nitrogens is 5. The lowest BCUT2D eigenvalue weighted by atomic mass is 10.1. The number of pyridine rings is 1. The molecule has 158 valence electrons. The van der Waals surface area contributed by atoms with Crippen molar-refractivity contribution in [3.8, 4) is 27.8 Å². The van der Waals surface area contributed by atoms with Crippen molar-refractivity contribution in [3.63, 3.8) is 0 Å². The number of carboxylic acids is 1. The molecule has 0 bridgehead atoms. The number of benzene rings is 1. The molecule has 0 unspecified atom stereocenters. The van der Waals surface area contributed by atoms with Gasteiger partial charge in [-0.1, -0.05) is 18.2 Å². The number of ether oxygens (including phenoxy) is 1. The van der Waals surface area contributed by atoms with E-state index in [9.17, 15) is 9.90 Å². The minimum atomic E-state index is -0.955. The van der Waals surface area contributed by atoms with Crippen molar-refractivity contribution in [1.82, 2.24) is 24.9 Å². The summed E-state index contributed by atoms with van der Waals surface area (Å²) in [4.78, 5) is 32.9. The third kappa shape index (κ3) is 3.81. The van der Waals surface area contributed by atoms with Crippen LogP contribution in [-0.4, -0.2) is 36.0 Å². The predicted molar refractivity (Wildman–Crippen MR) is 121 cm³/mol. The van der Waals surface area contributed by atoms with Gasteiger partial charge in [-0.05, 0) is 31.2 Å². The Kier molecular flexibility index (Phi) is 5.08. The number of nitrogens with zero attached hydrogens (tertiary/aromatic N) is 4. The van der Waals surface area contributed by atoms with E-state index in [-0.39, 0.29) is 12.2 Å². The van der Waals surface area contributed by atoms with Gasteiger partial charge in [0.05, 0.1) is 27.5 Å². The molecule has 0 aliphatic heterocycles. The SMILES string of the molecule is Cc1nc(COc2ncccn2)sc1-c1cccc(-c2ccc3c(C(=O)O)c[nH]c3c2)n1. The van der Waals surface area contributed by atoms with Gasteiger partial charge in [0.2, 0.25) is 0 Å². The molecule has 0 aliphatic carbocycles. The molecule has 0 radical (unpaired) electrons. The molecule has 9 heteroatoms. The maximum Gasteiger partial charge on any atom is 0.337 e. The number of aromatic carboxylic acids is 1. The van der Waals surface area contributed by atoms with Crippen LogP contribution in [0.2, 0.25) is 0 Å². The lowest BCUT2D eigenvalue weighted by Crippen LogP contribution is -1.98. The van der Waals surface area contributed by atoms with E-state index in [4.69, 9.17) is 9.72 Å². The molecule has 5 rings (SSSR count). The Bertz CT molecular complexity index is 1430. The van der Waals surface area contributed by atoms with Gasteiger partial charge in [0, 0.05) is 35.1 Å².